The maximum Gasteiger partial charge on any atom is 0.306 e. The second-order valence-corrected chi connectivity index (χ2v) is 11.7. The van der Waals surface area contributed by atoms with Crippen molar-refractivity contribution in [2.75, 3.05) is 0 Å². The summed E-state index contributed by atoms with van der Waals surface area (Å²) in [6.07, 6.45) is 14.7. The lowest BCUT2D eigenvalue weighted by Crippen LogP contribution is -2.46. The van der Waals surface area contributed by atoms with E-state index in [-0.39, 0.29) is 17.5 Å². The Morgan fingerprint density at radius 2 is 2.14 bits per heavy atom. The molecule has 162 valence electrons. The Balaban J connectivity index is 1.82. The number of fused-ring (bicyclic) bond motifs is 1. The SMILES string of the molecule is C=C(PC1C[C@H](C)C=C2C=C[C@H](C)[C@H](CC[C@H]3CCCC(=O)O3)[C@]21C)[C@@H](C)CC. The summed E-state index contributed by atoms with van der Waals surface area (Å²) in [5.74, 6) is 2.42. The fraction of sp³-hybridized carbons (Fsp3) is 0.731. The Hall–Kier alpha value is -0.880. The number of carbonyl (C=O) groups excluding carboxylic acids is 1. The van der Waals surface area contributed by atoms with Crippen LogP contribution in [0, 0.1) is 29.1 Å². The lowest BCUT2D eigenvalue weighted by molar-refractivity contribution is -0.154. The van der Waals surface area contributed by atoms with Crippen molar-refractivity contribution in [2.45, 2.75) is 91.3 Å². The van der Waals surface area contributed by atoms with Gasteiger partial charge in [0.2, 0.25) is 0 Å². The van der Waals surface area contributed by atoms with Gasteiger partial charge in [0, 0.05) is 11.8 Å². The molecule has 0 radical (unpaired) electrons. The molecule has 0 saturated carbocycles. The van der Waals surface area contributed by atoms with E-state index >= 15 is 0 Å². The summed E-state index contributed by atoms with van der Waals surface area (Å²) >= 11 is 0. The molecule has 1 aliphatic heterocycles. The maximum absolute atomic E-state index is 11.7. The first-order valence-corrected chi connectivity index (χ1v) is 12.9. The van der Waals surface area contributed by atoms with Crippen molar-refractivity contribution in [1.82, 2.24) is 0 Å². The summed E-state index contributed by atoms with van der Waals surface area (Å²) in [7, 11) is 0.837. The number of hydrogen-bond acceptors (Lipinski definition) is 2. The Morgan fingerprint density at radius 3 is 2.83 bits per heavy atom. The second kappa shape index (κ2) is 9.51. The van der Waals surface area contributed by atoms with Crippen LogP contribution in [0.1, 0.15) is 79.6 Å². The van der Waals surface area contributed by atoms with Crippen LogP contribution < -0.4 is 0 Å². The van der Waals surface area contributed by atoms with E-state index in [9.17, 15) is 4.79 Å². The van der Waals surface area contributed by atoms with E-state index in [2.05, 4.69) is 59.4 Å². The Kier molecular flexibility index (Phi) is 7.47. The van der Waals surface area contributed by atoms with Gasteiger partial charge in [0.25, 0.3) is 0 Å². The van der Waals surface area contributed by atoms with Gasteiger partial charge in [-0.15, -0.1) is 0 Å². The van der Waals surface area contributed by atoms with Crippen molar-refractivity contribution >= 4 is 14.6 Å². The van der Waals surface area contributed by atoms with Gasteiger partial charge >= 0.3 is 5.97 Å². The first-order chi connectivity index (χ1) is 13.8. The summed E-state index contributed by atoms with van der Waals surface area (Å²) in [6, 6.07) is 0. The first-order valence-electron chi connectivity index (χ1n) is 11.8. The van der Waals surface area contributed by atoms with E-state index < -0.39 is 0 Å². The van der Waals surface area contributed by atoms with Crippen LogP contribution in [0.3, 0.4) is 0 Å². The monoisotopic (exact) mass is 416 g/mol. The molecule has 3 heteroatoms. The van der Waals surface area contributed by atoms with Crippen LogP contribution in [0.15, 0.2) is 35.7 Å². The molecule has 2 unspecified atom stereocenters. The number of allylic oxidation sites excluding steroid dienone is 5. The third-order valence-electron chi connectivity index (χ3n) is 7.97. The molecule has 0 amide bonds. The minimum atomic E-state index is 0.000312. The molecular formula is C26H41O2P. The highest BCUT2D eigenvalue weighted by Crippen LogP contribution is 2.59. The highest BCUT2D eigenvalue weighted by Gasteiger charge is 2.49. The topological polar surface area (TPSA) is 26.3 Å². The molecule has 1 heterocycles. The van der Waals surface area contributed by atoms with Crippen LogP contribution in [0.5, 0.6) is 0 Å². The van der Waals surface area contributed by atoms with Crippen LogP contribution in [-0.4, -0.2) is 17.7 Å². The Bertz CT molecular complexity index is 678. The van der Waals surface area contributed by atoms with Crippen LogP contribution >= 0.6 is 8.58 Å². The minimum absolute atomic E-state index is 0.000312. The maximum atomic E-state index is 11.7. The van der Waals surface area contributed by atoms with Crippen molar-refractivity contribution in [3.63, 3.8) is 0 Å². The smallest absolute Gasteiger partial charge is 0.306 e. The van der Waals surface area contributed by atoms with Crippen molar-refractivity contribution in [2.24, 2.45) is 29.1 Å². The Morgan fingerprint density at radius 1 is 1.38 bits per heavy atom. The van der Waals surface area contributed by atoms with E-state index in [1.54, 1.807) is 5.57 Å². The van der Waals surface area contributed by atoms with Gasteiger partial charge in [-0.25, -0.2) is 0 Å². The number of cyclic esters (lactones) is 1. The van der Waals surface area contributed by atoms with Crippen LogP contribution in [0.2, 0.25) is 0 Å². The number of ether oxygens (including phenoxy) is 1. The zero-order chi connectivity index (χ0) is 21.2. The van der Waals surface area contributed by atoms with Gasteiger partial charge in [0.15, 0.2) is 0 Å². The molecule has 0 aromatic carbocycles. The van der Waals surface area contributed by atoms with Gasteiger partial charge in [0.05, 0.1) is 0 Å². The summed E-state index contributed by atoms with van der Waals surface area (Å²) < 4.78 is 5.65. The molecule has 8 atom stereocenters. The molecule has 1 saturated heterocycles. The molecule has 3 rings (SSSR count). The van der Waals surface area contributed by atoms with E-state index in [0.717, 1.165) is 34.3 Å². The minimum Gasteiger partial charge on any atom is -0.462 e. The fourth-order valence-corrected chi connectivity index (χ4v) is 7.85. The average Bonchev–Trinajstić information content (AvgIpc) is 2.68. The third kappa shape index (κ3) is 4.90. The van der Waals surface area contributed by atoms with Crippen LogP contribution in [0.25, 0.3) is 0 Å². The fourth-order valence-electron chi connectivity index (χ4n) is 5.75. The van der Waals surface area contributed by atoms with Crippen LogP contribution in [-0.2, 0) is 9.53 Å². The van der Waals surface area contributed by atoms with Gasteiger partial charge < -0.3 is 4.74 Å². The molecule has 29 heavy (non-hydrogen) atoms. The molecule has 2 aliphatic carbocycles. The lowest BCUT2D eigenvalue weighted by Gasteiger charge is -2.53. The van der Waals surface area contributed by atoms with E-state index in [4.69, 9.17) is 4.74 Å². The summed E-state index contributed by atoms with van der Waals surface area (Å²) in [5.41, 5.74) is 2.42. The Labute approximate surface area is 180 Å². The van der Waals surface area contributed by atoms with Gasteiger partial charge in [-0.3, -0.25) is 4.79 Å². The summed E-state index contributed by atoms with van der Waals surface area (Å²) in [5, 5.41) is 1.45. The van der Waals surface area contributed by atoms with Crippen molar-refractivity contribution in [1.29, 1.82) is 0 Å². The van der Waals surface area contributed by atoms with Crippen molar-refractivity contribution in [3.8, 4) is 0 Å². The molecule has 0 N–H and O–H groups in total. The standard InChI is InChI=1S/C26H41O2P/c1-7-18(3)20(5)29-24-16-17(2)15-21-12-11-19(4)23(26(21,24)6)14-13-22-9-8-10-25(27)28-22/h11-12,15,17-19,22-24,29H,5,7-10,13-14,16H2,1-4,6H3/t17-,18+,19+,22-,23+,24?,26+/m1/s1. The zero-order valence-corrected chi connectivity index (χ0v) is 20.2. The molecule has 1 fully saturated rings. The number of esters is 1. The number of carbonyl (C=O) groups is 1. The van der Waals surface area contributed by atoms with Gasteiger partial charge in [0.1, 0.15) is 6.10 Å². The highest BCUT2D eigenvalue weighted by atomic mass is 31.1. The number of hydrogen-bond donors (Lipinski definition) is 0. The predicted octanol–water partition coefficient (Wildman–Crippen LogP) is 7.26. The van der Waals surface area contributed by atoms with E-state index in [0.29, 0.717) is 35.8 Å². The largest absolute Gasteiger partial charge is 0.462 e. The quantitative estimate of drug-likeness (QED) is 0.322. The normalized spacial score (nSPS) is 38.4. The first kappa shape index (κ1) is 22.8. The van der Waals surface area contributed by atoms with Gasteiger partial charge in [-0.2, -0.15) is 0 Å². The molecule has 2 nitrogen and oxygen atoms in total. The second-order valence-electron chi connectivity index (χ2n) is 10.1. The molecule has 0 spiro atoms. The molecular weight excluding hydrogens is 375 g/mol. The van der Waals surface area contributed by atoms with Gasteiger partial charge in [-0.1, -0.05) is 73.3 Å². The van der Waals surface area contributed by atoms with E-state index in [1.165, 1.54) is 18.2 Å². The van der Waals surface area contributed by atoms with Crippen molar-refractivity contribution in [3.05, 3.63) is 35.7 Å². The molecule has 0 aromatic rings. The highest BCUT2D eigenvalue weighted by molar-refractivity contribution is 7.44. The summed E-state index contributed by atoms with van der Waals surface area (Å²) in [6.45, 7) is 16.4. The molecule has 0 bridgehead atoms. The number of rotatable bonds is 7. The van der Waals surface area contributed by atoms with E-state index in [1.807, 2.05) is 0 Å². The lowest BCUT2D eigenvalue weighted by atomic mass is 9.57. The average molecular weight is 417 g/mol. The van der Waals surface area contributed by atoms with Gasteiger partial charge in [-0.05, 0) is 73.4 Å². The molecule has 3 aliphatic rings. The molecule has 0 aromatic heterocycles. The predicted molar refractivity (Wildman–Crippen MR) is 125 cm³/mol. The summed E-state index contributed by atoms with van der Waals surface area (Å²) in [4.78, 5) is 11.7. The van der Waals surface area contributed by atoms with Crippen molar-refractivity contribution < 1.29 is 9.53 Å². The third-order valence-corrected chi connectivity index (χ3v) is 10.0. The zero-order valence-electron chi connectivity index (χ0n) is 19.2. The van der Waals surface area contributed by atoms with Crippen LogP contribution in [0.4, 0.5) is 0 Å².